The maximum Gasteiger partial charge on any atom is 0.228 e. The van der Waals surface area contributed by atoms with Gasteiger partial charge in [0.15, 0.2) is 11.6 Å². The van der Waals surface area contributed by atoms with Gasteiger partial charge in [-0.1, -0.05) is 20.8 Å². The molecule has 1 aromatic rings. The third-order valence-corrected chi connectivity index (χ3v) is 4.14. The summed E-state index contributed by atoms with van der Waals surface area (Å²) in [5, 5.41) is 7.23. The summed E-state index contributed by atoms with van der Waals surface area (Å²) in [4.78, 5) is 18.9. The molecule has 2 unspecified atom stereocenters. The fourth-order valence-corrected chi connectivity index (χ4v) is 2.76. The van der Waals surface area contributed by atoms with Crippen molar-refractivity contribution in [2.75, 3.05) is 32.9 Å². The number of hydrogen-bond donors (Lipinski definition) is 1. The highest BCUT2D eigenvalue weighted by atomic mass is 16.5. The SMILES string of the molecule is CC(C)(C)c1n[nH]c(C2CN(C(=O)C3CCOC3)CCO2)n1. The summed E-state index contributed by atoms with van der Waals surface area (Å²) in [6.45, 7) is 9.10. The van der Waals surface area contributed by atoms with E-state index in [-0.39, 0.29) is 23.3 Å². The lowest BCUT2D eigenvalue weighted by molar-refractivity contribution is -0.143. The maximum absolute atomic E-state index is 12.5. The molecule has 2 saturated heterocycles. The largest absolute Gasteiger partial charge is 0.381 e. The molecular weight excluding hydrogens is 284 g/mol. The molecule has 2 fully saturated rings. The minimum absolute atomic E-state index is 0.00129. The molecule has 0 bridgehead atoms. The van der Waals surface area contributed by atoms with E-state index in [1.165, 1.54) is 0 Å². The van der Waals surface area contributed by atoms with Crippen LogP contribution in [-0.2, 0) is 19.7 Å². The number of nitrogens with zero attached hydrogens (tertiary/aromatic N) is 3. The molecule has 1 N–H and O–H groups in total. The predicted octanol–water partition coefficient (Wildman–Crippen LogP) is 1.04. The van der Waals surface area contributed by atoms with E-state index in [1.807, 2.05) is 4.90 Å². The van der Waals surface area contributed by atoms with E-state index < -0.39 is 0 Å². The second-order valence-corrected chi connectivity index (χ2v) is 7.00. The molecule has 2 aliphatic rings. The molecule has 3 rings (SSSR count). The molecule has 2 atom stereocenters. The predicted molar refractivity (Wildman–Crippen MR) is 79.3 cm³/mol. The van der Waals surface area contributed by atoms with Gasteiger partial charge >= 0.3 is 0 Å². The molecule has 2 aliphatic heterocycles. The normalized spacial score (nSPS) is 26.4. The zero-order chi connectivity index (χ0) is 15.7. The van der Waals surface area contributed by atoms with Gasteiger partial charge < -0.3 is 14.4 Å². The van der Waals surface area contributed by atoms with Gasteiger partial charge in [0.1, 0.15) is 6.10 Å². The molecule has 7 heteroatoms. The molecular formula is C15H24N4O3. The number of nitrogens with one attached hydrogen (secondary N) is 1. The van der Waals surface area contributed by atoms with E-state index in [2.05, 4.69) is 36.0 Å². The number of carbonyl (C=O) groups excluding carboxylic acids is 1. The van der Waals surface area contributed by atoms with Crippen LogP contribution in [0.3, 0.4) is 0 Å². The maximum atomic E-state index is 12.5. The topological polar surface area (TPSA) is 80.3 Å². The highest BCUT2D eigenvalue weighted by molar-refractivity contribution is 5.79. The first-order chi connectivity index (χ1) is 10.4. The van der Waals surface area contributed by atoms with E-state index in [0.717, 1.165) is 12.2 Å². The molecule has 7 nitrogen and oxygen atoms in total. The van der Waals surface area contributed by atoms with Crippen LogP contribution in [0.1, 0.15) is 44.9 Å². The lowest BCUT2D eigenvalue weighted by atomic mass is 9.96. The summed E-state index contributed by atoms with van der Waals surface area (Å²) in [7, 11) is 0. The Bertz CT molecular complexity index is 531. The molecule has 0 aliphatic carbocycles. The van der Waals surface area contributed by atoms with Crippen LogP contribution < -0.4 is 0 Å². The van der Waals surface area contributed by atoms with Gasteiger partial charge in [-0.3, -0.25) is 9.89 Å². The fraction of sp³-hybridized carbons (Fsp3) is 0.800. The van der Waals surface area contributed by atoms with Crippen molar-refractivity contribution in [2.24, 2.45) is 5.92 Å². The Balaban J connectivity index is 1.67. The fourth-order valence-electron chi connectivity index (χ4n) is 2.76. The number of morpholine rings is 1. The van der Waals surface area contributed by atoms with Crippen LogP contribution in [0.2, 0.25) is 0 Å². The molecule has 0 aromatic carbocycles. The third-order valence-electron chi connectivity index (χ3n) is 4.14. The van der Waals surface area contributed by atoms with Gasteiger partial charge in [0, 0.05) is 18.6 Å². The Morgan fingerprint density at radius 3 is 2.82 bits per heavy atom. The van der Waals surface area contributed by atoms with Gasteiger partial charge in [-0.2, -0.15) is 5.10 Å². The van der Waals surface area contributed by atoms with E-state index in [0.29, 0.717) is 38.7 Å². The molecule has 0 saturated carbocycles. The van der Waals surface area contributed by atoms with Crippen LogP contribution in [0.4, 0.5) is 0 Å². The summed E-state index contributed by atoms with van der Waals surface area (Å²) in [5.41, 5.74) is -0.111. The Hall–Kier alpha value is -1.47. The molecule has 22 heavy (non-hydrogen) atoms. The summed E-state index contributed by atoms with van der Waals surface area (Å²) in [6, 6.07) is 0. The zero-order valence-corrected chi connectivity index (χ0v) is 13.5. The number of amides is 1. The van der Waals surface area contributed by atoms with Gasteiger partial charge in [-0.25, -0.2) is 4.98 Å². The number of carbonyl (C=O) groups is 1. The second-order valence-electron chi connectivity index (χ2n) is 7.00. The summed E-state index contributed by atoms with van der Waals surface area (Å²) in [5.74, 6) is 1.63. The summed E-state index contributed by atoms with van der Waals surface area (Å²) in [6.07, 6.45) is 0.584. The van der Waals surface area contributed by atoms with Gasteiger partial charge in [0.05, 0.1) is 25.7 Å². The van der Waals surface area contributed by atoms with E-state index in [9.17, 15) is 4.79 Å². The standard InChI is InChI=1S/C15H24N4O3/c1-15(2,3)14-16-12(17-18-14)11-8-19(5-7-22-11)13(20)10-4-6-21-9-10/h10-11H,4-9H2,1-3H3,(H,16,17,18). The van der Waals surface area contributed by atoms with Gasteiger partial charge in [-0.15, -0.1) is 0 Å². The van der Waals surface area contributed by atoms with Crippen LogP contribution in [0.15, 0.2) is 0 Å². The summed E-state index contributed by atoms with van der Waals surface area (Å²) < 4.78 is 11.1. The first kappa shape index (κ1) is 15.4. The van der Waals surface area contributed by atoms with E-state index in [4.69, 9.17) is 9.47 Å². The average molecular weight is 308 g/mol. The molecule has 122 valence electrons. The number of aromatic nitrogens is 3. The Morgan fingerprint density at radius 1 is 1.36 bits per heavy atom. The molecule has 1 aromatic heterocycles. The molecule has 3 heterocycles. The second kappa shape index (κ2) is 5.96. The molecule has 0 radical (unpaired) electrons. The van der Waals surface area contributed by atoms with Crippen LogP contribution in [0.5, 0.6) is 0 Å². The lowest BCUT2D eigenvalue weighted by Crippen LogP contribution is -2.45. The van der Waals surface area contributed by atoms with E-state index in [1.54, 1.807) is 0 Å². The Kier molecular flexibility index (Phi) is 4.18. The highest BCUT2D eigenvalue weighted by Gasteiger charge is 2.33. The van der Waals surface area contributed by atoms with Crippen molar-refractivity contribution in [3.8, 4) is 0 Å². The Morgan fingerprint density at radius 2 is 2.18 bits per heavy atom. The van der Waals surface area contributed by atoms with Crippen LogP contribution in [0, 0.1) is 5.92 Å². The highest BCUT2D eigenvalue weighted by Crippen LogP contribution is 2.25. The first-order valence-electron chi connectivity index (χ1n) is 7.86. The molecule has 1 amide bonds. The van der Waals surface area contributed by atoms with Crippen molar-refractivity contribution in [3.63, 3.8) is 0 Å². The monoisotopic (exact) mass is 308 g/mol. The van der Waals surface area contributed by atoms with Gasteiger partial charge in [0.2, 0.25) is 5.91 Å². The van der Waals surface area contributed by atoms with E-state index >= 15 is 0 Å². The van der Waals surface area contributed by atoms with Crippen molar-refractivity contribution in [3.05, 3.63) is 11.6 Å². The number of rotatable bonds is 2. The van der Waals surface area contributed by atoms with Crippen molar-refractivity contribution in [1.29, 1.82) is 0 Å². The lowest BCUT2D eigenvalue weighted by Gasteiger charge is -2.33. The van der Waals surface area contributed by atoms with Crippen LogP contribution in [-0.4, -0.2) is 58.9 Å². The zero-order valence-electron chi connectivity index (χ0n) is 13.5. The average Bonchev–Trinajstić information content (AvgIpc) is 3.17. The van der Waals surface area contributed by atoms with Crippen LogP contribution in [0.25, 0.3) is 0 Å². The van der Waals surface area contributed by atoms with Crippen LogP contribution >= 0.6 is 0 Å². The van der Waals surface area contributed by atoms with Crippen molar-refractivity contribution < 1.29 is 14.3 Å². The molecule has 0 spiro atoms. The van der Waals surface area contributed by atoms with Crippen molar-refractivity contribution in [2.45, 2.75) is 38.7 Å². The summed E-state index contributed by atoms with van der Waals surface area (Å²) >= 11 is 0. The smallest absolute Gasteiger partial charge is 0.228 e. The quantitative estimate of drug-likeness (QED) is 0.883. The first-order valence-corrected chi connectivity index (χ1v) is 7.86. The minimum atomic E-state index is -0.233. The number of H-pyrrole nitrogens is 1. The van der Waals surface area contributed by atoms with Gasteiger partial charge in [-0.05, 0) is 6.42 Å². The minimum Gasteiger partial charge on any atom is -0.381 e. The van der Waals surface area contributed by atoms with Crippen molar-refractivity contribution in [1.82, 2.24) is 20.1 Å². The third kappa shape index (κ3) is 3.15. The van der Waals surface area contributed by atoms with Crippen molar-refractivity contribution >= 4 is 5.91 Å². The van der Waals surface area contributed by atoms with Gasteiger partial charge in [0.25, 0.3) is 0 Å². The number of aromatic amines is 1. The number of hydrogen-bond acceptors (Lipinski definition) is 5. The Labute approximate surface area is 130 Å². The number of ether oxygens (including phenoxy) is 2.